The minimum atomic E-state index is -0.945. The predicted molar refractivity (Wildman–Crippen MR) is 248 cm³/mol. The monoisotopic (exact) mass is 928 g/mol. The zero-order valence-electron chi connectivity index (χ0n) is 40.3. The number of unbranched alkanes of at least 4 members (excludes halogenated alkanes) is 3. The van der Waals surface area contributed by atoms with Crippen molar-refractivity contribution >= 4 is 35.8 Å². The second kappa shape index (κ2) is 25.9. The van der Waals surface area contributed by atoms with E-state index in [2.05, 4.69) is 58.7 Å². The largest absolute Gasteiger partial charge is 0.447 e. The van der Waals surface area contributed by atoms with Crippen LogP contribution in [0.1, 0.15) is 105 Å². The third kappa shape index (κ3) is 16.8. The number of rotatable bonds is 27. The smallest absolute Gasteiger partial charge is 0.407 e. The van der Waals surface area contributed by atoms with Crippen molar-refractivity contribution in [2.24, 2.45) is 23.5 Å². The highest BCUT2D eigenvalue weighted by Crippen LogP contribution is 2.59. The first-order valence-corrected chi connectivity index (χ1v) is 23.6. The number of ether oxygens (including phenoxy) is 5. The number of nitrogens with one attached hydrogen (secondary N) is 6. The predicted octanol–water partition coefficient (Wildman–Crippen LogP) is 3.55. The molecule has 9 atom stereocenters. The van der Waals surface area contributed by atoms with E-state index in [4.69, 9.17) is 29.4 Å². The summed E-state index contributed by atoms with van der Waals surface area (Å²) in [6, 6.07) is 6.84. The Morgan fingerprint density at radius 1 is 0.864 bits per heavy atom. The van der Waals surface area contributed by atoms with Crippen molar-refractivity contribution in [2.75, 3.05) is 46.5 Å². The highest BCUT2D eigenvalue weighted by molar-refractivity contribution is 5.93. The number of carbonyl (C=O) groups excluding carboxylic acids is 6. The number of allylic oxidation sites excluding steroid dienone is 1. The highest BCUT2D eigenvalue weighted by Gasteiger charge is 2.72. The summed E-state index contributed by atoms with van der Waals surface area (Å²) in [4.78, 5) is 76.9. The van der Waals surface area contributed by atoms with E-state index in [0.29, 0.717) is 45.4 Å². The van der Waals surface area contributed by atoms with Gasteiger partial charge in [0.25, 0.3) is 0 Å². The number of hydrogen-bond acceptors (Lipinski definition) is 12. The SMILES string of the molecule is COC1C(OC(=O)N[C@@H](COC(=O)NCCCCCCNC(=O)CNC(=O)[C@H](CC(C)C)NC(=O)[C@H](Cc2ccccc2)NC(=O)CN)C(C)C)CC[C@]2(CO2)C1C1(C)O[C@@H]1CC=C(C)C. The quantitative estimate of drug-likeness (QED) is 0.0380. The minimum Gasteiger partial charge on any atom is -0.447 e. The average Bonchev–Trinajstić information content (AvgIpc) is 4.20. The number of benzene rings is 1. The van der Waals surface area contributed by atoms with E-state index >= 15 is 0 Å². The molecule has 6 amide bonds. The fraction of sp³-hybridized carbons (Fsp3) is 0.708. The van der Waals surface area contributed by atoms with Crippen molar-refractivity contribution in [3.8, 4) is 0 Å². The lowest BCUT2D eigenvalue weighted by Crippen LogP contribution is -2.56. The summed E-state index contributed by atoms with van der Waals surface area (Å²) in [7, 11) is 1.63. The van der Waals surface area contributed by atoms with Crippen molar-refractivity contribution in [2.45, 2.75) is 154 Å². The molecule has 4 unspecified atom stereocenters. The lowest BCUT2D eigenvalue weighted by Gasteiger charge is -2.42. The van der Waals surface area contributed by atoms with E-state index in [1.807, 2.05) is 58.0 Å². The Kier molecular flexibility index (Phi) is 21.2. The molecule has 2 heterocycles. The van der Waals surface area contributed by atoms with E-state index in [-0.39, 0.29) is 61.5 Å². The molecule has 4 rings (SSSR count). The number of methoxy groups -OCH3 is 1. The summed E-state index contributed by atoms with van der Waals surface area (Å²) < 4.78 is 29.8. The fourth-order valence-electron chi connectivity index (χ4n) is 8.67. The van der Waals surface area contributed by atoms with Crippen LogP contribution in [0.2, 0.25) is 0 Å². The fourth-order valence-corrected chi connectivity index (χ4v) is 8.67. The first-order valence-electron chi connectivity index (χ1n) is 23.6. The van der Waals surface area contributed by atoms with Gasteiger partial charge in [-0.3, -0.25) is 19.2 Å². The van der Waals surface area contributed by atoms with Crippen LogP contribution >= 0.6 is 0 Å². The molecule has 2 aliphatic heterocycles. The Morgan fingerprint density at radius 2 is 1.55 bits per heavy atom. The highest BCUT2D eigenvalue weighted by atomic mass is 16.6. The van der Waals surface area contributed by atoms with Crippen LogP contribution in [0.4, 0.5) is 9.59 Å². The van der Waals surface area contributed by atoms with Crippen LogP contribution in [0.5, 0.6) is 0 Å². The van der Waals surface area contributed by atoms with Gasteiger partial charge in [-0.2, -0.15) is 0 Å². The third-order valence-electron chi connectivity index (χ3n) is 12.6. The molecule has 8 N–H and O–H groups in total. The first kappa shape index (κ1) is 53.8. The van der Waals surface area contributed by atoms with Crippen LogP contribution in [0, 0.1) is 17.8 Å². The van der Waals surface area contributed by atoms with E-state index in [1.54, 1.807) is 7.11 Å². The molecule has 3 aliphatic rings. The molecule has 3 fully saturated rings. The van der Waals surface area contributed by atoms with E-state index < -0.39 is 65.8 Å². The maximum absolute atomic E-state index is 13.3. The number of epoxide rings is 2. The molecular formula is C48H77N7O11. The first-order chi connectivity index (χ1) is 31.4. The Hall–Kier alpha value is -4.78. The van der Waals surface area contributed by atoms with Crippen LogP contribution in [0.15, 0.2) is 42.0 Å². The minimum absolute atomic E-state index is 0.0359. The summed E-state index contributed by atoms with van der Waals surface area (Å²) in [5, 5.41) is 16.5. The standard InChI is InChI=1S/C48H77N7O11/c1-30(2)18-19-38-47(7,66-38)42-41(62-8)37(20-21-48(42)29-64-48)65-46(61)55-36(32(5)6)28-63-45(60)51-23-15-10-9-14-22-50-40(57)27-52-43(58)34(24-31(3)4)54-44(59)35(53-39(56)26-49)25-33-16-12-11-13-17-33/h11-13,16-18,31-32,34-38,41-42H,9-10,14-15,19-29,49H2,1-8H3,(H,50,57)(H,51,60)(H,52,58)(H,53,56)(H,54,59)(H,55,61)/t34-,35-,36-,37?,38+,41?,42?,47?,48-/m0/s1. The number of hydrogen-bond donors (Lipinski definition) is 7. The molecule has 0 radical (unpaired) electrons. The van der Waals surface area contributed by atoms with Crippen molar-refractivity contribution in [3.05, 3.63) is 47.5 Å². The van der Waals surface area contributed by atoms with Crippen molar-refractivity contribution in [1.29, 1.82) is 0 Å². The van der Waals surface area contributed by atoms with E-state index in [1.165, 1.54) is 5.57 Å². The summed E-state index contributed by atoms with van der Waals surface area (Å²) in [5.74, 6) is -1.99. The molecular weight excluding hydrogens is 851 g/mol. The molecule has 1 aromatic rings. The molecule has 66 heavy (non-hydrogen) atoms. The van der Waals surface area contributed by atoms with Gasteiger partial charge in [-0.25, -0.2) is 9.59 Å². The van der Waals surface area contributed by atoms with Gasteiger partial charge in [0.05, 0.1) is 37.8 Å². The molecule has 370 valence electrons. The van der Waals surface area contributed by atoms with E-state index in [9.17, 15) is 28.8 Å². The average molecular weight is 928 g/mol. The number of nitrogens with two attached hydrogens (primary N) is 1. The molecule has 0 aromatic heterocycles. The molecule has 1 aliphatic carbocycles. The Bertz CT molecular complexity index is 1790. The topological polar surface area (TPSA) is 253 Å². The van der Waals surface area contributed by atoms with Crippen LogP contribution in [-0.2, 0) is 49.3 Å². The van der Waals surface area contributed by atoms with Crippen LogP contribution in [0.25, 0.3) is 0 Å². The van der Waals surface area contributed by atoms with Crippen molar-refractivity contribution < 1.29 is 52.5 Å². The van der Waals surface area contributed by atoms with Gasteiger partial charge in [-0.1, -0.05) is 82.5 Å². The van der Waals surface area contributed by atoms with Gasteiger partial charge < -0.3 is 61.3 Å². The molecule has 18 heteroatoms. The second-order valence-corrected chi connectivity index (χ2v) is 19.0. The van der Waals surface area contributed by atoms with Gasteiger partial charge in [-0.15, -0.1) is 0 Å². The molecule has 2 saturated heterocycles. The zero-order valence-corrected chi connectivity index (χ0v) is 40.3. The lowest BCUT2D eigenvalue weighted by molar-refractivity contribution is -0.132. The molecule has 1 aromatic carbocycles. The number of alkyl carbamates (subject to hydrolysis) is 2. The van der Waals surface area contributed by atoms with Gasteiger partial charge in [0, 0.05) is 26.6 Å². The van der Waals surface area contributed by atoms with Gasteiger partial charge in [0.2, 0.25) is 23.6 Å². The Balaban J connectivity index is 1.09. The summed E-state index contributed by atoms with van der Waals surface area (Å²) in [5.41, 5.74) is 6.75. The van der Waals surface area contributed by atoms with Crippen LogP contribution < -0.4 is 37.6 Å². The lowest BCUT2D eigenvalue weighted by atomic mass is 9.68. The molecule has 0 bridgehead atoms. The Labute approximate surface area is 390 Å². The third-order valence-corrected chi connectivity index (χ3v) is 12.6. The van der Waals surface area contributed by atoms with Gasteiger partial charge >= 0.3 is 12.2 Å². The number of amides is 6. The van der Waals surface area contributed by atoms with Crippen LogP contribution in [0.3, 0.4) is 0 Å². The van der Waals surface area contributed by atoms with Gasteiger partial charge in [0.15, 0.2) is 0 Å². The van der Waals surface area contributed by atoms with Gasteiger partial charge in [0.1, 0.15) is 42.1 Å². The zero-order chi connectivity index (χ0) is 48.4. The molecule has 1 spiro atoms. The maximum Gasteiger partial charge on any atom is 0.407 e. The Morgan fingerprint density at radius 3 is 2.15 bits per heavy atom. The molecule has 1 saturated carbocycles. The van der Waals surface area contributed by atoms with Crippen LogP contribution in [-0.4, -0.2) is 130 Å². The number of carbonyl (C=O) groups is 6. The normalized spacial score (nSPS) is 24.3. The summed E-state index contributed by atoms with van der Waals surface area (Å²) in [6.45, 7) is 14.8. The summed E-state index contributed by atoms with van der Waals surface area (Å²) in [6.07, 6.45) is 5.76. The van der Waals surface area contributed by atoms with Crippen molar-refractivity contribution in [1.82, 2.24) is 31.9 Å². The van der Waals surface area contributed by atoms with Gasteiger partial charge in [-0.05, 0) is 76.7 Å². The van der Waals surface area contributed by atoms with Crippen molar-refractivity contribution in [3.63, 3.8) is 0 Å². The molecule has 18 nitrogen and oxygen atoms in total. The second-order valence-electron chi connectivity index (χ2n) is 19.0. The maximum atomic E-state index is 13.3. The van der Waals surface area contributed by atoms with E-state index in [0.717, 1.165) is 31.2 Å². The summed E-state index contributed by atoms with van der Waals surface area (Å²) >= 11 is 0.